The first-order valence-corrected chi connectivity index (χ1v) is 22.4. The molecule has 0 radical (unpaired) electrons. The average molecular weight is 814 g/mol. The van der Waals surface area contributed by atoms with Gasteiger partial charge in [-0.3, -0.25) is 0 Å². The second-order valence-electron chi connectivity index (χ2n) is 17.7. The van der Waals surface area contributed by atoms with Gasteiger partial charge in [0, 0.05) is 22.4 Å². The first-order chi connectivity index (χ1) is 31.7. The number of anilines is 3. The van der Waals surface area contributed by atoms with Crippen LogP contribution in [0.5, 0.6) is 0 Å². The number of nitrogens with zero attached hydrogens (tertiary/aromatic N) is 1. The number of rotatable bonds is 6. The van der Waals surface area contributed by atoms with E-state index in [2.05, 4.69) is 254 Å². The Bertz CT molecular complexity index is 3550. The molecular formula is C63H43N. The Kier molecular flexibility index (Phi) is 8.02. The zero-order valence-electron chi connectivity index (χ0n) is 35.5. The summed E-state index contributed by atoms with van der Waals surface area (Å²) in [7, 11) is 0. The first kappa shape index (κ1) is 36.6. The standard InChI is InChI=1S/C63H43N/c1-62(42-20-5-2-6-21-42)56-32-17-15-30-52(56)55-41-46(37-39-57(55)62)64(45-36-38-51-49-28-12-11-26-47(49)48-27-13-14-29-50(48)54(51)40-45)60-35-19-34-59-61(60)53-31-16-18-33-58(53)63(59,43-22-7-3-8-23-43)44-24-9-4-10-25-44/h2-41H,1H3. The van der Waals surface area contributed by atoms with Crippen LogP contribution in [0.1, 0.15) is 45.9 Å². The van der Waals surface area contributed by atoms with Gasteiger partial charge in [0.25, 0.3) is 0 Å². The number of hydrogen-bond acceptors (Lipinski definition) is 1. The van der Waals surface area contributed by atoms with Crippen molar-refractivity contribution < 1.29 is 0 Å². The molecule has 0 aromatic heterocycles. The van der Waals surface area contributed by atoms with Crippen molar-refractivity contribution in [1.82, 2.24) is 0 Å². The van der Waals surface area contributed by atoms with Crippen LogP contribution in [0.3, 0.4) is 0 Å². The maximum Gasteiger partial charge on any atom is 0.0714 e. The molecule has 0 heterocycles. The minimum Gasteiger partial charge on any atom is -0.310 e. The minimum absolute atomic E-state index is 0.294. The van der Waals surface area contributed by atoms with Crippen LogP contribution in [0, 0.1) is 0 Å². The van der Waals surface area contributed by atoms with Crippen LogP contribution in [-0.2, 0) is 10.8 Å². The lowest BCUT2D eigenvalue weighted by Gasteiger charge is -2.34. The fraction of sp³-hybridized carbons (Fsp3) is 0.0476. The van der Waals surface area contributed by atoms with Crippen molar-refractivity contribution in [2.75, 3.05) is 4.90 Å². The molecule has 2 aliphatic rings. The fourth-order valence-electron chi connectivity index (χ4n) is 11.8. The van der Waals surface area contributed by atoms with Crippen LogP contribution >= 0.6 is 0 Å². The van der Waals surface area contributed by atoms with Gasteiger partial charge >= 0.3 is 0 Å². The summed E-state index contributed by atoms with van der Waals surface area (Å²) in [6, 6.07) is 90.6. The molecule has 2 aliphatic carbocycles. The second-order valence-corrected chi connectivity index (χ2v) is 17.7. The summed E-state index contributed by atoms with van der Waals surface area (Å²) in [5.74, 6) is 0. The molecule has 1 heteroatoms. The van der Waals surface area contributed by atoms with E-state index in [9.17, 15) is 0 Å². The third kappa shape index (κ3) is 5.01. The van der Waals surface area contributed by atoms with E-state index in [0.29, 0.717) is 0 Å². The molecule has 0 spiro atoms. The van der Waals surface area contributed by atoms with E-state index in [4.69, 9.17) is 0 Å². The van der Waals surface area contributed by atoms with Gasteiger partial charge in [0.15, 0.2) is 0 Å². The van der Waals surface area contributed by atoms with Crippen LogP contribution in [0.2, 0.25) is 0 Å². The Hall–Kier alpha value is -8.00. The summed E-state index contributed by atoms with van der Waals surface area (Å²) >= 11 is 0. The highest BCUT2D eigenvalue weighted by atomic mass is 15.1. The molecule has 0 aliphatic heterocycles. The van der Waals surface area contributed by atoms with Gasteiger partial charge in [-0.2, -0.15) is 0 Å². The van der Waals surface area contributed by atoms with Crippen molar-refractivity contribution in [2.45, 2.75) is 17.8 Å². The molecule has 64 heavy (non-hydrogen) atoms. The molecule has 1 unspecified atom stereocenters. The highest BCUT2D eigenvalue weighted by molar-refractivity contribution is 6.26. The quantitative estimate of drug-likeness (QED) is 0.151. The van der Waals surface area contributed by atoms with Crippen LogP contribution < -0.4 is 4.90 Å². The van der Waals surface area contributed by atoms with E-state index < -0.39 is 5.41 Å². The third-order valence-corrected chi connectivity index (χ3v) is 14.6. The highest BCUT2D eigenvalue weighted by Crippen LogP contribution is 2.60. The van der Waals surface area contributed by atoms with Gasteiger partial charge < -0.3 is 4.90 Å². The lowest BCUT2D eigenvalue weighted by atomic mass is 9.68. The molecule has 0 saturated carbocycles. The molecule has 11 aromatic carbocycles. The van der Waals surface area contributed by atoms with Crippen LogP contribution in [-0.4, -0.2) is 0 Å². The maximum atomic E-state index is 2.55. The molecule has 0 fully saturated rings. The van der Waals surface area contributed by atoms with Crippen molar-refractivity contribution in [3.05, 3.63) is 282 Å². The summed E-state index contributed by atoms with van der Waals surface area (Å²) < 4.78 is 0. The van der Waals surface area contributed by atoms with Gasteiger partial charge in [0.2, 0.25) is 0 Å². The Balaban J connectivity index is 1.13. The molecule has 0 bridgehead atoms. The summed E-state index contributed by atoms with van der Waals surface area (Å²) in [4.78, 5) is 2.55. The Labute approximate surface area is 374 Å². The predicted octanol–water partition coefficient (Wildman–Crippen LogP) is 16.3. The van der Waals surface area contributed by atoms with E-state index in [1.807, 2.05) is 0 Å². The van der Waals surface area contributed by atoms with E-state index in [0.717, 1.165) is 17.1 Å². The molecule has 0 amide bonds. The van der Waals surface area contributed by atoms with E-state index in [1.165, 1.54) is 93.5 Å². The summed E-state index contributed by atoms with van der Waals surface area (Å²) in [5, 5.41) is 7.59. The van der Waals surface area contributed by atoms with Crippen LogP contribution in [0.4, 0.5) is 17.1 Å². The lowest BCUT2D eigenvalue weighted by molar-refractivity contribution is 0.714. The summed E-state index contributed by atoms with van der Waals surface area (Å²) in [6.45, 7) is 2.40. The van der Waals surface area contributed by atoms with Gasteiger partial charge in [-0.15, -0.1) is 0 Å². The molecule has 0 saturated heterocycles. The largest absolute Gasteiger partial charge is 0.310 e. The number of hydrogen-bond donors (Lipinski definition) is 0. The third-order valence-electron chi connectivity index (χ3n) is 14.6. The van der Waals surface area contributed by atoms with Crippen LogP contribution in [0.15, 0.2) is 243 Å². The zero-order chi connectivity index (χ0) is 42.4. The Morgan fingerprint density at radius 3 is 1.39 bits per heavy atom. The normalized spacial score (nSPS) is 15.5. The predicted molar refractivity (Wildman–Crippen MR) is 268 cm³/mol. The molecule has 300 valence electrons. The SMILES string of the molecule is CC1(c2ccccc2)c2ccccc2-c2cc(N(c3ccc4c5ccccc5c5ccccc5c4c3)c3cccc4c3-c3ccccc3C4(c3ccccc3)c3ccccc3)ccc21. The number of benzene rings is 11. The van der Waals surface area contributed by atoms with Crippen molar-refractivity contribution >= 4 is 49.4 Å². The molecule has 11 aromatic rings. The number of fused-ring (bicyclic) bond motifs is 12. The van der Waals surface area contributed by atoms with E-state index in [-0.39, 0.29) is 5.41 Å². The highest BCUT2D eigenvalue weighted by Gasteiger charge is 2.47. The van der Waals surface area contributed by atoms with Crippen molar-refractivity contribution in [2.24, 2.45) is 0 Å². The summed E-state index contributed by atoms with van der Waals surface area (Å²) in [5.41, 5.74) is 16.7. The second kappa shape index (κ2) is 14.0. The van der Waals surface area contributed by atoms with E-state index >= 15 is 0 Å². The maximum absolute atomic E-state index is 2.55. The van der Waals surface area contributed by atoms with Gasteiger partial charge in [-0.05, 0) is 125 Å². The van der Waals surface area contributed by atoms with Crippen molar-refractivity contribution in [3.63, 3.8) is 0 Å². The van der Waals surface area contributed by atoms with Crippen molar-refractivity contribution in [3.8, 4) is 22.3 Å². The smallest absolute Gasteiger partial charge is 0.0714 e. The minimum atomic E-state index is -0.525. The Morgan fingerprint density at radius 1 is 0.297 bits per heavy atom. The summed E-state index contributed by atoms with van der Waals surface area (Å²) in [6.07, 6.45) is 0. The van der Waals surface area contributed by atoms with Gasteiger partial charge in [-0.1, -0.05) is 212 Å². The molecular weight excluding hydrogens is 771 g/mol. The topological polar surface area (TPSA) is 3.24 Å². The van der Waals surface area contributed by atoms with Gasteiger partial charge in [0.1, 0.15) is 0 Å². The average Bonchev–Trinajstić information content (AvgIpc) is 3.82. The van der Waals surface area contributed by atoms with Gasteiger partial charge in [-0.25, -0.2) is 0 Å². The van der Waals surface area contributed by atoms with Crippen molar-refractivity contribution in [1.29, 1.82) is 0 Å². The Morgan fingerprint density at radius 2 is 0.750 bits per heavy atom. The molecule has 1 nitrogen and oxygen atoms in total. The molecule has 1 atom stereocenters. The first-order valence-electron chi connectivity index (χ1n) is 22.4. The van der Waals surface area contributed by atoms with E-state index in [1.54, 1.807) is 0 Å². The van der Waals surface area contributed by atoms with Crippen LogP contribution in [0.25, 0.3) is 54.6 Å². The van der Waals surface area contributed by atoms with Gasteiger partial charge in [0.05, 0.1) is 11.1 Å². The fourth-order valence-corrected chi connectivity index (χ4v) is 11.8. The lowest BCUT2D eigenvalue weighted by Crippen LogP contribution is -2.28. The molecule has 0 N–H and O–H groups in total. The zero-order valence-corrected chi connectivity index (χ0v) is 35.5. The monoisotopic (exact) mass is 813 g/mol. The molecule has 13 rings (SSSR count).